The minimum Gasteiger partial charge on any atom is -0.493 e. The fourth-order valence-electron chi connectivity index (χ4n) is 2.39. The van der Waals surface area contributed by atoms with Crippen LogP contribution in [0, 0.1) is 0 Å². The van der Waals surface area contributed by atoms with Crippen LogP contribution in [0.15, 0.2) is 41.5 Å². The second kappa shape index (κ2) is 7.57. The number of hydrogen-bond donors (Lipinski definition) is 1. The number of rotatable bonds is 6. The van der Waals surface area contributed by atoms with Crippen LogP contribution in [0.2, 0.25) is 0 Å². The molecule has 0 aliphatic carbocycles. The molecule has 1 heterocycles. The van der Waals surface area contributed by atoms with Crippen molar-refractivity contribution >= 4 is 12.1 Å². The summed E-state index contributed by atoms with van der Waals surface area (Å²) in [6, 6.07) is 10.8. The molecular weight excluding hydrogens is 324 g/mol. The van der Waals surface area contributed by atoms with Crippen molar-refractivity contribution in [2.75, 3.05) is 21.0 Å². The van der Waals surface area contributed by atoms with Gasteiger partial charge in [-0.3, -0.25) is 4.79 Å². The van der Waals surface area contributed by atoms with Crippen molar-refractivity contribution in [2.24, 2.45) is 5.10 Å². The van der Waals surface area contributed by atoms with Crippen molar-refractivity contribution in [3.05, 3.63) is 47.5 Å². The van der Waals surface area contributed by atoms with Gasteiger partial charge in [-0.25, -0.2) is 5.43 Å². The van der Waals surface area contributed by atoms with Crippen molar-refractivity contribution < 1.29 is 23.7 Å². The molecule has 2 aromatic rings. The number of ether oxygens (including phenoxy) is 4. The first-order valence-electron chi connectivity index (χ1n) is 7.62. The van der Waals surface area contributed by atoms with Crippen molar-refractivity contribution in [2.45, 2.75) is 6.42 Å². The molecule has 130 valence electrons. The van der Waals surface area contributed by atoms with Gasteiger partial charge in [0.1, 0.15) is 0 Å². The molecule has 0 spiro atoms. The molecule has 0 unspecified atom stereocenters. The highest BCUT2D eigenvalue weighted by Crippen LogP contribution is 2.32. The fourth-order valence-corrected chi connectivity index (χ4v) is 2.39. The number of carbonyl (C=O) groups excluding carboxylic acids is 1. The number of amides is 1. The van der Waals surface area contributed by atoms with Gasteiger partial charge in [-0.15, -0.1) is 0 Å². The van der Waals surface area contributed by atoms with Crippen molar-refractivity contribution in [1.29, 1.82) is 0 Å². The zero-order valence-corrected chi connectivity index (χ0v) is 13.9. The summed E-state index contributed by atoms with van der Waals surface area (Å²) in [5.41, 5.74) is 4.10. The average Bonchev–Trinajstić information content (AvgIpc) is 3.09. The van der Waals surface area contributed by atoms with E-state index >= 15 is 0 Å². The third-order valence-corrected chi connectivity index (χ3v) is 3.61. The number of fused-ring (bicyclic) bond motifs is 1. The van der Waals surface area contributed by atoms with Crippen LogP contribution in [0.5, 0.6) is 23.0 Å². The van der Waals surface area contributed by atoms with Crippen LogP contribution in [0.1, 0.15) is 11.1 Å². The van der Waals surface area contributed by atoms with E-state index in [2.05, 4.69) is 10.5 Å². The van der Waals surface area contributed by atoms with Crippen LogP contribution in [-0.4, -0.2) is 33.1 Å². The molecule has 7 nitrogen and oxygen atoms in total. The molecule has 0 saturated carbocycles. The average molecular weight is 342 g/mol. The van der Waals surface area contributed by atoms with E-state index in [1.807, 2.05) is 12.1 Å². The number of nitrogens with zero attached hydrogens (tertiary/aromatic N) is 1. The molecule has 1 amide bonds. The number of hydrogen-bond acceptors (Lipinski definition) is 6. The normalized spacial score (nSPS) is 12.2. The monoisotopic (exact) mass is 342 g/mol. The maximum atomic E-state index is 12.0. The molecule has 0 atom stereocenters. The van der Waals surface area contributed by atoms with Gasteiger partial charge < -0.3 is 18.9 Å². The molecule has 0 radical (unpaired) electrons. The van der Waals surface area contributed by atoms with E-state index in [0.717, 1.165) is 11.1 Å². The number of carbonyl (C=O) groups is 1. The molecule has 0 aromatic heterocycles. The van der Waals surface area contributed by atoms with E-state index in [1.54, 1.807) is 44.7 Å². The van der Waals surface area contributed by atoms with E-state index in [4.69, 9.17) is 18.9 Å². The molecule has 7 heteroatoms. The minimum absolute atomic E-state index is 0.179. The molecule has 2 aromatic carbocycles. The summed E-state index contributed by atoms with van der Waals surface area (Å²) in [6.07, 6.45) is 1.73. The first-order chi connectivity index (χ1) is 12.2. The van der Waals surface area contributed by atoms with Gasteiger partial charge in [0.25, 0.3) is 0 Å². The summed E-state index contributed by atoms with van der Waals surface area (Å²) in [6.45, 7) is 0.220. The summed E-state index contributed by atoms with van der Waals surface area (Å²) in [7, 11) is 3.12. The van der Waals surface area contributed by atoms with Crippen LogP contribution < -0.4 is 24.4 Å². The molecule has 1 aliphatic rings. The Morgan fingerprint density at radius 3 is 2.72 bits per heavy atom. The first-order valence-corrected chi connectivity index (χ1v) is 7.62. The standard InChI is InChI=1S/C18H18N2O5/c1-22-14-5-3-12(7-16(14)23-2)9-18(21)20-19-10-13-4-6-15-17(8-13)25-11-24-15/h3-8,10H,9,11H2,1-2H3,(H,20,21)/b19-10-. The molecule has 0 saturated heterocycles. The number of methoxy groups -OCH3 is 2. The van der Waals surface area contributed by atoms with Gasteiger partial charge in [-0.05, 0) is 41.5 Å². The van der Waals surface area contributed by atoms with E-state index in [1.165, 1.54) is 0 Å². The number of benzene rings is 2. The lowest BCUT2D eigenvalue weighted by Crippen LogP contribution is -2.19. The predicted octanol–water partition coefficient (Wildman–Crippen LogP) is 2.13. The van der Waals surface area contributed by atoms with Crippen LogP contribution in [0.4, 0.5) is 0 Å². The largest absolute Gasteiger partial charge is 0.493 e. The minimum atomic E-state index is -0.232. The predicted molar refractivity (Wildman–Crippen MR) is 91.6 cm³/mol. The first kappa shape index (κ1) is 16.6. The summed E-state index contributed by atoms with van der Waals surface area (Å²) >= 11 is 0. The smallest absolute Gasteiger partial charge is 0.244 e. The van der Waals surface area contributed by atoms with E-state index in [9.17, 15) is 4.79 Å². The summed E-state index contributed by atoms with van der Waals surface area (Å²) in [5, 5.41) is 3.96. The molecule has 3 rings (SSSR count). The highest BCUT2D eigenvalue weighted by atomic mass is 16.7. The van der Waals surface area contributed by atoms with Crippen LogP contribution >= 0.6 is 0 Å². The van der Waals surface area contributed by atoms with E-state index < -0.39 is 0 Å². The van der Waals surface area contributed by atoms with Gasteiger partial charge >= 0.3 is 0 Å². The Morgan fingerprint density at radius 1 is 1.12 bits per heavy atom. The second-order valence-corrected chi connectivity index (χ2v) is 5.27. The third-order valence-electron chi connectivity index (χ3n) is 3.61. The Hall–Kier alpha value is -3.22. The van der Waals surface area contributed by atoms with E-state index in [0.29, 0.717) is 23.0 Å². The highest BCUT2D eigenvalue weighted by molar-refractivity contribution is 5.84. The summed E-state index contributed by atoms with van der Waals surface area (Å²) in [5.74, 6) is 2.34. The maximum absolute atomic E-state index is 12.0. The Bertz CT molecular complexity index is 804. The van der Waals surface area contributed by atoms with Gasteiger partial charge in [-0.1, -0.05) is 6.07 Å². The fraction of sp³-hybridized carbons (Fsp3) is 0.222. The van der Waals surface area contributed by atoms with Gasteiger partial charge in [-0.2, -0.15) is 5.10 Å². The SMILES string of the molecule is COc1ccc(CC(=O)N/N=C\c2ccc3c(c2)OCO3)cc1OC. The van der Waals surface area contributed by atoms with Crippen LogP contribution in [0.25, 0.3) is 0 Å². The molecule has 1 N–H and O–H groups in total. The lowest BCUT2D eigenvalue weighted by Gasteiger charge is -2.09. The highest BCUT2D eigenvalue weighted by Gasteiger charge is 2.12. The quantitative estimate of drug-likeness (QED) is 0.643. The Labute approximate surface area is 145 Å². The Balaban J connectivity index is 1.57. The summed E-state index contributed by atoms with van der Waals surface area (Å²) in [4.78, 5) is 12.0. The van der Waals surface area contributed by atoms with Gasteiger partial charge in [0, 0.05) is 0 Å². The van der Waals surface area contributed by atoms with Crippen LogP contribution in [0.3, 0.4) is 0 Å². The van der Waals surface area contributed by atoms with Crippen molar-refractivity contribution in [3.8, 4) is 23.0 Å². The van der Waals surface area contributed by atoms with Crippen molar-refractivity contribution in [3.63, 3.8) is 0 Å². The molecule has 1 aliphatic heterocycles. The zero-order chi connectivity index (χ0) is 17.6. The van der Waals surface area contributed by atoms with E-state index in [-0.39, 0.29) is 19.1 Å². The Kier molecular flexibility index (Phi) is 5.03. The second-order valence-electron chi connectivity index (χ2n) is 5.27. The lowest BCUT2D eigenvalue weighted by molar-refractivity contribution is -0.120. The number of nitrogens with one attached hydrogen (secondary N) is 1. The molecule has 0 fully saturated rings. The van der Waals surface area contributed by atoms with Gasteiger partial charge in [0.05, 0.1) is 26.9 Å². The summed E-state index contributed by atoms with van der Waals surface area (Å²) < 4.78 is 20.9. The number of hydrazone groups is 1. The lowest BCUT2D eigenvalue weighted by atomic mass is 10.1. The van der Waals surface area contributed by atoms with Crippen LogP contribution in [-0.2, 0) is 11.2 Å². The third kappa shape index (κ3) is 4.00. The van der Waals surface area contributed by atoms with Gasteiger partial charge in [0.15, 0.2) is 23.0 Å². The molecular formula is C18H18N2O5. The maximum Gasteiger partial charge on any atom is 0.244 e. The molecule has 0 bridgehead atoms. The Morgan fingerprint density at radius 2 is 1.92 bits per heavy atom. The molecule has 25 heavy (non-hydrogen) atoms. The zero-order valence-electron chi connectivity index (χ0n) is 13.9. The van der Waals surface area contributed by atoms with Gasteiger partial charge in [0.2, 0.25) is 12.7 Å². The topological polar surface area (TPSA) is 78.4 Å². The van der Waals surface area contributed by atoms with Crippen molar-refractivity contribution in [1.82, 2.24) is 5.43 Å².